The van der Waals surface area contributed by atoms with Crippen LogP contribution in [0.15, 0.2) is 4.52 Å². The van der Waals surface area contributed by atoms with Gasteiger partial charge in [0, 0.05) is 19.0 Å². The normalized spacial score (nSPS) is 23.4. The molecular formula is C12H16N4O3. The Labute approximate surface area is 110 Å². The molecule has 2 fully saturated rings. The number of carbonyl (C=O) groups excluding carboxylic acids is 2. The molecule has 2 amide bonds. The van der Waals surface area contributed by atoms with Crippen molar-refractivity contribution in [1.29, 1.82) is 0 Å². The minimum absolute atomic E-state index is 0.0568. The van der Waals surface area contributed by atoms with Crippen LogP contribution in [-0.4, -0.2) is 45.5 Å². The number of aryl methyl sites for hydroxylation is 1. The maximum Gasteiger partial charge on any atom is 0.247 e. The Kier molecular flexibility index (Phi) is 3.06. The van der Waals surface area contributed by atoms with Gasteiger partial charge in [-0.3, -0.25) is 14.5 Å². The maximum absolute atomic E-state index is 12.0. The molecule has 0 aromatic carbocycles. The first-order valence-corrected chi connectivity index (χ1v) is 6.53. The highest BCUT2D eigenvalue weighted by Crippen LogP contribution is 2.31. The highest BCUT2D eigenvalue weighted by Gasteiger charge is 2.45. The lowest BCUT2D eigenvalue weighted by atomic mass is 10.2. The molecule has 0 radical (unpaired) electrons. The third-order valence-electron chi connectivity index (χ3n) is 3.39. The highest BCUT2D eigenvalue weighted by molar-refractivity contribution is 6.06. The summed E-state index contributed by atoms with van der Waals surface area (Å²) in [5.41, 5.74) is 0. The first-order valence-electron chi connectivity index (χ1n) is 6.53. The van der Waals surface area contributed by atoms with Gasteiger partial charge < -0.3 is 9.84 Å². The number of nitrogens with zero attached hydrogens (tertiary/aromatic N) is 3. The van der Waals surface area contributed by atoms with Gasteiger partial charge in [0.25, 0.3) is 0 Å². The van der Waals surface area contributed by atoms with E-state index < -0.39 is 6.04 Å². The fraction of sp³-hybridized carbons (Fsp3) is 0.667. The van der Waals surface area contributed by atoms with Crippen LogP contribution in [0.3, 0.4) is 0 Å². The fourth-order valence-electron chi connectivity index (χ4n) is 2.32. The number of carbonyl (C=O) groups is 2. The van der Waals surface area contributed by atoms with Crippen LogP contribution in [0.2, 0.25) is 0 Å². The van der Waals surface area contributed by atoms with E-state index in [0.717, 1.165) is 12.8 Å². The lowest BCUT2D eigenvalue weighted by Gasteiger charge is -2.13. The van der Waals surface area contributed by atoms with Gasteiger partial charge in [0.2, 0.25) is 17.7 Å². The standard InChI is InChI=1S/C12H16N4O3/c1-7-14-10(19-15-7)4-5-13-9-6-11(17)16(12(9)18)8-2-3-8/h8-9,13H,2-6H2,1H3. The number of aromatic nitrogens is 2. The Hall–Kier alpha value is -1.76. The molecule has 7 heteroatoms. The van der Waals surface area contributed by atoms with Crippen LogP contribution in [0.5, 0.6) is 0 Å². The van der Waals surface area contributed by atoms with Crippen LogP contribution < -0.4 is 5.32 Å². The first-order chi connectivity index (χ1) is 9.15. The summed E-state index contributed by atoms with van der Waals surface area (Å²) in [4.78, 5) is 29.3. The van der Waals surface area contributed by atoms with Crippen molar-refractivity contribution in [2.45, 2.75) is 44.7 Å². The summed E-state index contributed by atoms with van der Waals surface area (Å²) < 4.78 is 4.98. The van der Waals surface area contributed by atoms with Gasteiger partial charge in [-0.15, -0.1) is 0 Å². The number of rotatable bonds is 5. The van der Waals surface area contributed by atoms with Gasteiger partial charge in [0.1, 0.15) is 0 Å². The third kappa shape index (κ3) is 2.51. The zero-order valence-corrected chi connectivity index (χ0v) is 10.8. The summed E-state index contributed by atoms with van der Waals surface area (Å²) in [5.74, 6) is 0.996. The minimum atomic E-state index is -0.392. The SMILES string of the molecule is Cc1noc(CCNC2CC(=O)N(C3CC3)C2=O)n1. The second-order valence-corrected chi connectivity index (χ2v) is 5.03. The molecule has 1 aromatic heterocycles. The first kappa shape index (κ1) is 12.3. The smallest absolute Gasteiger partial charge is 0.247 e. The van der Waals surface area contributed by atoms with Gasteiger partial charge in [-0.1, -0.05) is 5.16 Å². The van der Waals surface area contributed by atoms with E-state index >= 15 is 0 Å². The lowest BCUT2D eigenvalue weighted by Crippen LogP contribution is -2.40. The summed E-state index contributed by atoms with van der Waals surface area (Å²) in [7, 11) is 0. The predicted octanol–water partition coefficient (Wildman–Crippen LogP) is -0.200. The monoisotopic (exact) mass is 264 g/mol. The topological polar surface area (TPSA) is 88.3 Å². The molecule has 0 spiro atoms. The Bertz CT molecular complexity index is 509. The average Bonchev–Trinajstić information content (AvgIpc) is 3.04. The van der Waals surface area contributed by atoms with Gasteiger partial charge >= 0.3 is 0 Å². The number of nitrogens with one attached hydrogen (secondary N) is 1. The number of hydrogen-bond donors (Lipinski definition) is 1. The summed E-state index contributed by atoms with van der Waals surface area (Å²) in [6, 6.07) is -0.234. The second kappa shape index (κ2) is 4.73. The van der Waals surface area contributed by atoms with Crippen molar-refractivity contribution in [3.8, 4) is 0 Å². The molecular weight excluding hydrogens is 248 g/mol. The summed E-state index contributed by atoms with van der Waals surface area (Å²) in [6.45, 7) is 2.30. The molecule has 1 N–H and O–H groups in total. The predicted molar refractivity (Wildman–Crippen MR) is 64.0 cm³/mol. The molecule has 1 unspecified atom stereocenters. The summed E-state index contributed by atoms with van der Waals surface area (Å²) >= 11 is 0. The second-order valence-electron chi connectivity index (χ2n) is 5.03. The van der Waals surface area contributed by atoms with Gasteiger partial charge in [-0.25, -0.2) is 0 Å². The number of likely N-dealkylation sites (tertiary alicyclic amines) is 1. The van der Waals surface area contributed by atoms with Crippen LogP contribution in [-0.2, 0) is 16.0 Å². The minimum Gasteiger partial charge on any atom is -0.339 e. The van der Waals surface area contributed by atoms with Crippen molar-refractivity contribution in [3.63, 3.8) is 0 Å². The Balaban J connectivity index is 1.50. The highest BCUT2D eigenvalue weighted by atomic mass is 16.5. The molecule has 0 bridgehead atoms. The summed E-state index contributed by atoms with van der Waals surface area (Å²) in [5, 5.41) is 6.79. The molecule has 1 saturated heterocycles. The molecule has 1 aliphatic heterocycles. The number of imide groups is 1. The average molecular weight is 264 g/mol. The molecule has 2 aliphatic rings. The van der Waals surface area contributed by atoms with Crippen molar-refractivity contribution in [2.24, 2.45) is 0 Å². The molecule has 19 heavy (non-hydrogen) atoms. The number of amides is 2. The molecule has 7 nitrogen and oxygen atoms in total. The van der Waals surface area contributed by atoms with Crippen LogP contribution in [0, 0.1) is 6.92 Å². The van der Waals surface area contributed by atoms with E-state index in [0.29, 0.717) is 24.7 Å². The molecule has 3 rings (SSSR count). The van der Waals surface area contributed by atoms with E-state index in [1.807, 2.05) is 0 Å². The fourth-order valence-corrected chi connectivity index (χ4v) is 2.32. The Morgan fingerprint density at radius 3 is 2.84 bits per heavy atom. The molecule has 1 aromatic rings. The molecule has 1 saturated carbocycles. The van der Waals surface area contributed by atoms with E-state index in [4.69, 9.17) is 4.52 Å². The molecule has 102 valence electrons. The van der Waals surface area contributed by atoms with E-state index in [-0.39, 0.29) is 24.3 Å². The van der Waals surface area contributed by atoms with E-state index in [2.05, 4.69) is 15.5 Å². The van der Waals surface area contributed by atoms with Gasteiger partial charge in [0.15, 0.2) is 5.82 Å². The lowest BCUT2D eigenvalue weighted by molar-refractivity contribution is -0.139. The molecule has 2 heterocycles. The Morgan fingerprint density at radius 1 is 1.42 bits per heavy atom. The number of hydrogen-bond acceptors (Lipinski definition) is 6. The van der Waals surface area contributed by atoms with Gasteiger partial charge in [-0.2, -0.15) is 4.98 Å². The summed E-state index contributed by atoms with van der Waals surface area (Å²) in [6.07, 6.45) is 2.72. The molecule has 1 atom stereocenters. The van der Waals surface area contributed by atoms with Crippen molar-refractivity contribution in [2.75, 3.05) is 6.54 Å². The van der Waals surface area contributed by atoms with E-state index in [1.54, 1.807) is 6.92 Å². The van der Waals surface area contributed by atoms with Crippen molar-refractivity contribution < 1.29 is 14.1 Å². The zero-order chi connectivity index (χ0) is 13.4. The van der Waals surface area contributed by atoms with Crippen molar-refractivity contribution in [1.82, 2.24) is 20.4 Å². The van der Waals surface area contributed by atoms with Crippen LogP contribution in [0.4, 0.5) is 0 Å². The van der Waals surface area contributed by atoms with Crippen LogP contribution >= 0.6 is 0 Å². The van der Waals surface area contributed by atoms with Crippen molar-refractivity contribution in [3.05, 3.63) is 11.7 Å². The third-order valence-corrected chi connectivity index (χ3v) is 3.39. The van der Waals surface area contributed by atoms with Crippen molar-refractivity contribution >= 4 is 11.8 Å². The van der Waals surface area contributed by atoms with E-state index in [1.165, 1.54) is 4.90 Å². The largest absolute Gasteiger partial charge is 0.339 e. The Morgan fingerprint density at radius 2 is 2.21 bits per heavy atom. The van der Waals surface area contributed by atoms with Crippen LogP contribution in [0.1, 0.15) is 31.0 Å². The van der Waals surface area contributed by atoms with E-state index in [9.17, 15) is 9.59 Å². The van der Waals surface area contributed by atoms with Gasteiger partial charge in [-0.05, 0) is 19.8 Å². The molecule has 1 aliphatic carbocycles. The zero-order valence-electron chi connectivity index (χ0n) is 10.8. The quantitative estimate of drug-likeness (QED) is 0.741. The van der Waals surface area contributed by atoms with Gasteiger partial charge in [0.05, 0.1) is 12.5 Å². The van der Waals surface area contributed by atoms with Crippen LogP contribution in [0.25, 0.3) is 0 Å². The maximum atomic E-state index is 12.0.